The summed E-state index contributed by atoms with van der Waals surface area (Å²) >= 11 is 0. The normalized spacial score (nSPS) is 13.7. The van der Waals surface area contributed by atoms with E-state index in [0.717, 1.165) is 32.7 Å². The van der Waals surface area contributed by atoms with Crippen LogP contribution in [0.2, 0.25) is 0 Å². The van der Waals surface area contributed by atoms with Crippen molar-refractivity contribution in [3.05, 3.63) is 121 Å². The summed E-state index contributed by atoms with van der Waals surface area (Å²) < 4.78 is 0. The summed E-state index contributed by atoms with van der Waals surface area (Å²) in [7, 11) is 0. The Kier molecular flexibility index (Phi) is 10.0. The first kappa shape index (κ1) is 36.8. The zero-order chi connectivity index (χ0) is 38.2. The number of aromatic nitrogens is 8. The number of nitrogens with zero attached hydrogens (tertiary/aromatic N) is 8. The van der Waals surface area contributed by atoms with Gasteiger partial charge in [-0.3, -0.25) is 29.0 Å². The fourth-order valence-corrected chi connectivity index (χ4v) is 6.94. The molecule has 6 aromatic carbocycles. The van der Waals surface area contributed by atoms with Crippen molar-refractivity contribution in [1.82, 2.24) is 41.2 Å². The van der Waals surface area contributed by atoms with Crippen molar-refractivity contribution in [2.24, 2.45) is 0 Å². The molecule has 0 saturated heterocycles. The van der Waals surface area contributed by atoms with Crippen molar-refractivity contribution < 1.29 is 19.2 Å². The van der Waals surface area contributed by atoms with E-state index in [1.54, 1.807) is 9.80 Å². The molecule has 4 amide bonds. The van der Waals surface area contributed by atoms with Crippen LogP contribution in [-0.4, -0.2) is 94.4 Å². The summed E-state index contributed by atoms with van der Waals surface area (Å²) in [6, 6.07) is 37.7. The van der Waals surface area contributed by atoms with Gasteiger partial charge in [-0.1, -0.05) is 84.9 Å². The predicted molar refractivity (Wildman–Crippen MR) is 215 cm³/mol. The molecule has 0 fully saturated rings. The number of nitrogens with one attached hydrogen (secondary N) is 4. The molecule has 274 valence electrons. The van der Waals surface area contributed by atoms with Crippen LogP contribution in [0.25, 0.3) is 44.3 Å². The SMILES string of the molecule is O=C1CC(=O)N(c2cccc(-c3nnn[nH]3)c2)c2ccc3ccccc3c2N1.O=C1CC(=O)N(c2cccc(-c3nnn[nH]3)c2)c2ccc3ccccc3c2N1.[NaH]. The van der Waals surface area contributed by atoms with Crippen LogP contribution in [0.5, 0.6) is 0 Å². The molecule has 17 heteroatoms. The molecule has 0 saturated carbocycles. The van der Waals surface area contributed by atoms with E-state index in [1.165, 1.54) is 0 Å². The second-order valence-corrected chi connectivity index (χ2v) is 12.9. The Morgan fingerprint density at radius 1 is 0.491 bits per heavy atom. The van der Waals surface area contributed by atoms with Crippen LogP contribution in [-0.2, 0) is 19.2 Å². The molecule has 0 atom stereocenters. The molecule has 2 aliphatic heterocycles. The van der Waals surface area contributed by atoms with Gasteiger partial charge in [-0.15, -0.1) is 10.2 Å². The molecule has 0 bridgehead atoms. The molecule has 0 aliphatic carbocycles. The Labute approximate surface area is 344 Å². The van der Waals surface area contributed by atoms with Gasteiger partial charge in [0.1, 0.15) is 12.8 Å². The summed E-state index contributed by atoms with van der Waals surface area (Å²) in [4.78, 5) is 53.7. The molecule has 0 spiro atoms. The fraction of sp³-hybridized carbons (Fsp3) is 0.0500. The number of H-pyrrole nitrogens is 2. The summed E-state index contributed by atoms with van der Waals surface area (Å²) in [5, 5.41) is 37.2. The Morgan fingerprint density at radius 3 is 1.35 bits per heavy atom. The number of fused-ring (bicyclic) bond motifs is 6. The molecule has 4 N–H and O–H groups in total. The number of carbonyl (C=O) groups is 4. The Hall–Kier alpha value is -7.14. The summed E-state index contributed by atoms with van der Waals surface area (Å²) in [5.74, 6) is -0.283. The van der Waals surface area contributed by atoms with Crippen LogP contribution < -0.4 is 20.4 Å². The van der Waals surface area contributed by atoms with Crippen molar-refractivity contribution in [3.8, 4) is 22.8 Å². The van der Waals surface area contributed by atoms with Crippen LogP contribution in [0.4, 0.5) is 34.1 Å². The van der Waals surface area contributed by atoms with E-state index in [2.05, 4.69) is 51.9 Å². The van der Waals surface area contributed by atoms with Gasteiger partial charge in [0.15, 0.2) is 11.6 Å². The fourth-order valence-electron chi connectivity index (χ4n) is 6.94. The van der Waals surface area contributed by atoms with Gasteiger partial charge in [-0.2, -0.15) is 0 Å². The maximum atomic E-state index is 12.9. The first-order chi connectivity index (χ1) is 27.4. The van der Waals surface area contributed by atoms with E-state index in [-0.39, 0.29) is 66.0 Å². The van der Waals surface area contributed by atoms with Crippen LogP contribution in [0.3, 0.4) is 0 Å². The molecule has 0 unspecified atom stereocenters. The van der Waals surface area contributed by atoms with E-state index in [0.29, 0.717) is 45.8 Å². The van der Waals surface area contributed by atoms with E-state index >= 15 is 0 Å². The molecule has 8 aromatic rings. The average Bonchev–Trinajstić information content (AvgIpc) is 3.92. The number of tetrazole rings is 2. The van der Waals surface area contributed by atoms with Crippen LogP contribution in [0.1, 0.15) is 12.8 Å². The van der Waals surface area contributed by atoms with Crippen molar-refractivity contribution in [2.45, 2.75) is 12.8 Å². The number of rotatable bonds is 4. The van der Waals surface area contributed by atoms with Gasteiger partial charge in [0.05, 0.1) is 22.7 Å². The van der Waals surface area contributed by atoms with E-state index in [1.807, 2.05) is 121 Å². The molecule has 16 nitrogen and oxygen atoms in total. The minimum atomic E-state index is -0.333. The Morgan fingerprint density at radius 2 is 0.930 bits per heavy atom. The molecular weight excluding hydrogens is 736 g/mol. The number of anilines is 6. The molecule has 10 rings (SSSR count). The monoisotopic (exact) mass is 764 g/mol. The third-order valence-electron chi connectivity index (χ3n) is 9.39. The van der Waals surface area contributed by atoms with Crippen molar-refractivity contribution in [3.63, 3.8) is 0 Å². The first-order valence-electron chi connectivity index (χ1n) is 17.4. The number of hydrogen-bond acceptors (Lipinski definition) is 10. The molecule has 2 aliphatic rings. The number of hydrogen-bond donors (Lipinski definition) is 4. The van der Waals surface area contributed by atoms with Crippen molar-refractivity contribution in [2.75, 3.05) is 20.4 Å². The van der Waals surface area contributed by atoms with E-state index in [9.17, 15) is 19.2 Å². The third-order valence-corrected chi connectivity index (χ3v) is 9.39. The summed E-state index contributed by atoms with van der Waals surface area (Å²) in [5.41, 5.74) is 5.24. The molecule has 2 aromatic heterocycles. The minimum absolute atomic E-state index is 0. The zero-order valence-corrected chi connectivity index (χ0v) is 29.2. The van der Waals surface area contributed by atoms with Crippen LogP contribution in [0.15, 0.2) is 121 Å². The van der Waals surface area contributed by atoms with Gasteiger partial charge < -0.3 is 10.6 Å². The zero-order valence-electron chi connectivity index (χ0n) is 29.2. The number of amides is 4. The van der Waals surface area contributed by atoms with Gasteiger partial charge in [0, 0.05) is 33.3 Å². The van der Waals surface area contributed by atoms with Gasteiger partial charge in [-0.25, -0.2) is 10.2 Å². The second kappa shape index (κ2) is 15.5. The summed E-state index contributed by atoms with van der Waals surface area (Å²) in [6.45, 7) is 0. The molecule has 0 radical (unpaired) electrons. The van der Waals surface area contributed by atoms with Crippen LogP contribution in [0, 0.1) is 0 Å². The van der Waals surface area contributed by atoms with Crippen molar-refractivity contribution in [1.29, 1.82) is 0 Å². The quantitative estimate of drug-likeness (QED) is 0.132. The van der Waals surface area contributed by atoms with Gasteiger partial charge >= 0.3 is 29.6 Å². The standard InChI is InChI=1S/2C20H14N6O2.Na.H/c2*27-17-11-18(28)26(14-6-3-5-13(10-14)20-22-24-25-23-20)16-9-8-12-4-1-2-7-15(12)19(16)21-17;;/h2*1-10H,11H2,(H,21,27)(H,22,23,24,25);;. The Bertz CT molecular complexity index is 2640. The second-order valence-electron chi connectivity index (χ2n) is 12.9. The van der Waals surface area contributed by atoms with Gasteiger partial charge in [0.2, 0.25) is 23.6 Å². The number of benzene rings is 6. The maximum absolute atomic E-state index is 12.9. The third kappa shape index (κ3) is 7.11. The van der Waals surface area contributed by atoms with E-state index in [4.69, 9.17) is 0 Å². The summed E-state index contributed by atoms with van der Waals surface area (Å²) in [6.07, 6.45) is -0.478. The topological polar surface area (TPSA) is 208 Å². The van der Waals surface area contributed by atoms with Gasteiger partial charge in [-0.05, 0) is 68.0 Å². The predicted octanol–water partition coefficient (Wildman–Crippen LogP) is 5.41. The van der Waals surface area contributed by atoms with Crippen LogP contribution >= 0.6 is 0 Å². The molecule has 4 heterocycles. The molecule has 57 heavy (non-hydrogen) atoms. The Balaban J connectivity index is 0.000000157. The first-order valence-corrected chi connectivity index (χ1v) is 17.4. The number of aromatic amines is 2. The van der Waals surface area contributed by atoms with E-state index < -0.39 is 0 Å². The van der Waals surface area contributed by atoms with Crippen molar-refractivity contribution >= 4 is 109 Å². The number of carbonyl (C=O) groups excluding carboxylic acids is 4. The average molecular weight is 765 g/mol. The molecular formula is C40H29N12NaO4. The van der Waals surface area contributed by atoms with Gasteiger partial charge in [0.25, 0.3) is 0 Å².